The fourth-order valence-corrected chi connectivity index (χ4v) is 3.75. The Morgan fingerprint density at radius 1 is 0.684 bits per heavy atom. The first-order chi connectivity index (χ1) is 18.4. The molecule has 2 atom stereocenters. The maximum absolute atomic E-state index is 13.1. The van der Waals surface area contributed by atoms with Crippen LogP contribution in [0.4, 0.5) is 4.79 Å². The molecule has 0 heterocycles. The Hall–Kier alpha value is -4.66. The first-order valence-electron chi connectivity index (χ1n) is 12.3. The van der Waals surface area contributed by atoms with Gasteiger partial charge in [0.1, 0.15) is 18.7 Å². The molecule has 0 aliphatic carbocycles. The predicted molar refractivity (Wildman–Crippen MR) is 143 cm³/mol. The van der Waals surface area contributed by atoms with Crippen LogP contribution in [0.2, 0.25) is 0 Å². The number of carbonyl (C=O) groups is 4. The van der Waals surface area contributed by atoms with Gasteiger partial charge in [-0.1, -0.05) is 91.0 Å². The largest absolute Gasteiger partial charge is 0.445 e. The van der Waals surface area contributed by atoms with E-state index in [1.807, 2.05) is 66.7 Å². The number of amides is 4. The topological polar surface area (TPSA) is 140 Å². The molecule has 0 bridgehead atoms. The van der Waals surface area contributed by atoms with Crippen LogP contribution in [0.3, 0.4) is 0 Å². The van der Waals surface area contributed by atoms with Crippen molar-refractivity contribution in [2.24, 2.45) is 5.73 Å². The number of nitrogens with one attached hydrogen (secondary N) is 3. The number of benzene rings is 3. The monoisotopic (exact) mass is 516 g/mol. The fraction of sp³-hybridized carbons (Fsp3) is 0.241. The van der Waals surface area contributed by atoms with Crippen molar-refractivity contribution in [3.05, 3.63) is 108 Å². The van der Waals surface area contributed by atoms with Crippen molar-refractivity contribution in [1.29, 1.82) is 0 Å². The Morgan fingerprint density at radius 2 is 1.24 bits per heavy atom. The average molecular weight is 517 g/mol. The van der Waals surface area contributed by atoms with Gasteiger partial charge in [-0.3, -0.25) is 14.4 Å². The Balaban J connectivity index is 1.64. The van der Waals surface area contributed by atoms with Crippen LogP contribution in [0.5, 0.6) is 0 Å². The number of hydrogen-bond donors (Lipinski definition) is 4. The highest BCUT2D eigenvalue weighted by molar-refractivity contribution is 5.94. The van der Waals surface area contributed by atoms with E-state index in [9.17, 15) is 19.2 Å². The van der Waals surface area contributed by atoms with E-state index >= 15 is 0 Å². The van der Waals surface area contributed by atoms with Gasteiger partial charge in [-0.05, 0) is 23.1 Å². The second-order valence-corrected chi connectivity index (χ2v) is 8.71. The summed E-state index contributed by atoms with van der Waals surface area (Å²) >= 11 is 0. The number of nitrogens with two attached hydrogens (primary N) is 1. The highest BCUT2D eigenvalue weighted by Crippen LogP contribution is 2.06. The third-order valence-electron chi connectivity index (χ3n) is 5.70. The fourth-order valence-electron chi connectivity index (χ4n) is 3.75. The summed E-state index contributed by atoms with van der Waals surface area (Å²) in [5.41, 5.74) is 7.97. The molecule has 38 heavy (non-hydrogen) atoms. The van der Waals surface area contributed by atoms with Crippen molar-refractivity contribution in [3.8, 4) is 0 Å². The maximum atomic E-state index is 13.1. The lowest BCUT2D eigenvalue weighted by Crippen LogP contribution is -2.55. The van der Waals surface area contributed by atoms with Crippen LogP contribution >= 0.6 is 0 Å². The third-order valence-corrected chi connectivity index (χ3v) is 5.70. The first kappa shape index (κ1) is 27.9. The van der Waals surface area contributed by atoms with Crippen LogP contribution in [0.15, 0.2) is 91.0 Å². The minimum absolute atomic E-state index is 0.0158. The van der Waals surface area contributed by atoms with Crippen LogP contribution in [0.1, 0.15) is 23.1 Å². The number of rotatable bonds is 13. The van der Waals surface area contributed by atoms with Gasteiger partial charge < -0.3 is 26.4 Å². The first-order valence-corrected chi connectivity index (χ1v) is 12.3. The molecule has 2 unspecified atom stereocenters. The third kappa shape index (κ3) is 9.77. The van der Waals surface area contributed by atoms with Gasteiger partial charge in [-0.2, -0.15) is 0 Å². The highest BCUT2D eigenvalue weighted by atomic mass is 16.5. The molecule has 0 aliphatic heterocycles. The van der Waals surface area contributed by atoms with Crippen LogP contribution in [-0.2, 0) is 38.6 Å². The zero-order chi connectivity index (χ0) is 27.2. The van der Waals surface area contributed by atoms with Crippen molar-refractivity contribution in [1.82, 2.24) is 16.0 Å². The van der Waals surface area contributed by atoms with E-state index in [-0.39, 0.29) is 18.9 Å². The summed E-state index contributed by atoms with van der Waals surface area (Å²) in [6.07, 6.45) is -0.509. The number of alkyl carbamates (subject to hydrolysis) is 1. The molecular weight excluding hydrogens is 484 g/mol. The summed E-state index contributed by atoms with van der Waals surface area (Å²) < 4.78 is 5.17. The van der Waals surface area contributed by atoms with Gasteiger partial charge in [-0.15, -0.1) is 0 Å². The van der Waals surface area contributed by atoms with Crippen LogP contribution < -0.4 is 21.7 Å². The quantitative estimate of drug-likeness (QED) is 0.276. The molecule has 0 aromatic heterocycles. The van der Waals surface area contributed by atoms with E-state index in [0.29, 0.717) is 13.0 Å². The molecule has 3 aromatic rings. The van der Waals surface area contributed by atoms with Gasteiger partial charge in [0.05, 0.1) is 6.42 Å². The zero-order valence-corrected chi connectivity index (χ0v) is 21.0. The van der Waals surface area contributed by atoms with Gasteiger partial charge >= 0.3 is 6.09 Å². The summed E-state index contributed by atoms with van der Waals surface area (Å²) in [7, 11) is 0. The molecule has 198 valence electrons. The van der Waals surface area contributed by atoms with E-state index < -0.39 is 36.4 Å². The van der Waals surface area contributed by atoms with Crippen LogP contribution in [0, 0.1) is 0 Å². The second kappa shape index (κ2) is 14.8. The molecular formula is C29H32N4O5. The van der Waals surface area contributed by atoms with Crippen molar-refractivity contribution >= 4 is 23.8 Å². The summed E-state index contributed by atoms with van der Waals surface area (Å²) in [6.45, 7) is 0.358. The standard InChI is InChI=1S/C29H32N4O5/c30-26(34)19-25(33-29(37)38-20-23-14-8-3-9-15-23)28(36)32-24(18-22-12-6-2-7-13-22)27(35)31-17-16-21-10-4-1-5-11-21/h1-15,24-25H,16-20H2,(H2,30,34)(H,31,35)(H,32,36)(H,33,37). The van der Waals surface area contributed by atoms with E-state index in [4.69, 9.17) is 10.5 Å². The summed E-state index contributed by atoms with van der Waals surface area (Å²) in [5.74, 6) is -1.90. The van der Waals surface area contributed by atoms with Gasteiger partial charge in [0, 0.05) is 13.0 Å². The molecule has 0 spiro atoms. The molecule has 3 rings (SSSR count). The van der Waals surface area contributed by atoms with Crippen molar-refractivity contribution in [2.45, 2.75) is 38.0 Å². The Bertz CT molecular complexity index is 1190. The predicted octanol–water partition coefficient (Wildman–Crippen LogP) is 2.24. The molecule has 0 fully saturated rings. The summed E-state index contributed by atoms with van der Waals surface area (Å²) in [4.78, 5) is 50.2. The van der Waals surface area contributed by atoms with Crippen molar-refractivity contribution in [2.75, 3.05) is 6.54 Å². The van der Waals surface area contributed by atoms with Gasteiger partial charge in [-0.25, -0.2) is 4.79 Å². The van der Waals surface area contributed by atoms with Crippen molar-refractivity contribution in [3.63, 3.8) is 0 Å². The molecule has 4 amide bonds. The SMILES string of the molecule is NC(=O)CC(NC(=O)OCc1ccccc1)C(=O)NC(Cc1ccccc1)C(=O)NCCc1ccccc1. The summed E-state index contributed by atoms with van der Waals surface area (Å²) in [6, 6.07) is 25.6. The molecule has 5 N–H and O–H groups in total. The average Bonchev–Trinajstić information content (AvgIpc) is 2.92. The Kier molecular flexibility index (Phi) is 10.9. The van der Waals surface area contributed by atoms with Gasteiger partial charge in [0.2, 0.25) is 17.7 Å². The van der Waals surface area contributed by atoms with Crippen LogP contribution in [-0.4, -0.2) is 42.4 Å². The van der Waals surface area contributed by atoms with Crippen molar-refractivity contribution < 1.29 is 23.9 Å². The molecule has 9 nitrogen and oxygen atoms in total. The van der Waals surface area contributed by atoms with E-state index in [1.54, 1.807) is 24.3 Å². The molecule has 0 saturated carbocycles. The van der Waals surface area contributed by atoms with E-state index in [1.165, 1.54) is 0 Å². The summed E-state index contributed by atoms with van der Waals surface area (Å²) in [5, 5.41) is 7.91. The van der Waals surface area contributed by atoms with Gasteiger partial charge in [0.25, 0.3) is 0 Å². The lowest BCUT2D eigenvalue weighted by atomic mass is 10.0. The van der Waals surface area contributed by atoms with Crippen LogP contribution in [0.25, 0.3) is 0 Å². The number of hydrogen-bond acceptors (Lipinski definition) is 5. The molecule has 9 heteroatoms. The highest BCUT2D eigenvalue weighted by Gasteiger charge is 2.28. The smallest absolute Gasteiger partial charge is 0.408 e. The lowest BCUT2D eigenvalue weighted by molar-refractivity contribution is -0.131. The van der Waals surface area contributed by atoms with E-state index in [2.05, 4.69) is 16.0 Å². The maximum Gasteiger partial charge on any atom is 0.408 e. The van der Waals surface area contributed by atoms with Gasteiger partial charge in [0.15, 0.2) is 0 Å². The second-order valence-electron chi connectivity index (χ2n) is 8.71. The zero-order valence-electron chi connectivity index (χ0n) is 21.0. The minimum Gasteiger partial charge on any atom is -0.445 e. The Morgan fingerprint density at radius 3 is 1.82 bits per heavy atom. The number of ether oxygens (including phenoxy) is 1. The Labute approximate surface area is 221 Å². The van der Waals surface area contributed by atoms with E-state index in [0.717, 1.165) is 16.7 Å². The minimum atomic E-state index is -1.31. The normalized spacial score (nSPS) is 12.0. The molecule has 0 saturated heterocycles. The molecule has 0 aliphatic rings. The molecule has 3 aromatic carbocycles. The number of carbonyl (C=O) groups excluding carboxylic acids is 4. The molecule has 0 radical (unpaired) electrons. The lowest BCUT2D eigenvalue weighted by Gasteiger charge is -2.23. The number of primary amides is 1.